The van der Waals surface area contributed by atoms with Gasteiger partial charge in [-0.3, -0.25) is 4.79 Å². The molecule has 2 aromatic rings. The Labute approximate surface area is 96.1 Å². The van der Waals surface area contributed by atoms with Crippen LogP contribution in [0.25, 0.3) is 0 Å². The summed E-state index contributed by atoms with van der Waals surface area (Å²) in [6.45, 7) is 0. The molecule has 78 valence electrons. The van der Waals surface area contributed by atoms with Gasteiger partial charge in [0, 0.05) is 22.9 Å². The molecule has 4 nitrogen and oxygen atoms in total. The fraction of sp³-hybridized carbons (Fsp3) is 0. The summed E-state index contributed by atoms with van der Waals surface area (Å²) in [6.07, 6.45) is 4.14. The highest BCUT2D eigenvalue weighted by Crippen LogP contribution is 2.41. The van der Waals surface area contributed by atoms with Crippen molar-refractivity contribution < 1.29 is 4.79 Å². The number of aldehydes is 1. The molecule has 3 rings (SSSR count). The number of hydrogen-bond acceptors (Lipinski definition) is 5. The molecule has 0 spiro atoms. The normalized spacial score (nSPS) is 12.2. The Kier molecular flexibility index (Phi) is 2.11. The largest absolute Gasteiger partial charge is 0.337 e. The lowest BCUT2D eigenvalue weighted by Crippen LogP contribution is -2.03. The number of rotatable bonds is 1. The van der Waals surface area contributed by atoms with Crippen molar-refractivity contribution in [2.75, 3.05) is 5.32 Å². The number of carbonyl (C=O) groups excluding carboxylic acids is 1. The molecule has 0 atom stereocenters. The summed E-state index contributed by atoms with van der Waals surface area (Å²) in [5, 5.41) is 4.02. The first-order valence-corrected chi connectivity index (χ1v) is 5.53. The number of nitrogens with zero attached hydrogens (tertiary/aromatic N) is 2. The van der Waals surface area contributed by atoms with Crippen LogP contribution < -0.4 is 5.32 Å². The van der Waals surface area contributed by atoms with Gasteiger partial charge < -0.3 is 5.32 Å². The van der Waals surface area contributed by atoms with Crippen LogP contribution in [0.3, 0.4) is 0 Å². The van der Waals surface area contributed by atoms with Gasteiger partial charge in [0.05, 0.1) is 5.69 Å². The molecule has 1 aromatic heterocycles. The fourth-order valence-corrected chi connectivity index (χ4v) is 2.40. The molecule has 16 heavy (non-hydrogen) atoms. The second-order valence-electron chi connectivity index (χ2n) is 3.31. The van der Waals surface area contributed by atoms with Crippen molar-refractivity contribution in [1.29, 1.82) is 0 Å². The number of fused-ring (bicyclic) bond motifs is 2. The summed E-state index contributed by atoms with van der Waals surface area (Å²) in [4.78, 5) is 20.1. The van der Waals surface area contributed by atoms with Gasteiger partial charge in [0.2, 0.25) is 0 Å². The number of aromatic nitrogens is 2. The van der Waals surface area contributed by atoms with Gasteiger partial charge in [-0.25, -0.2) is 9.97 Å². The number of nitrogens with one attached hydrogen (secondary N) is 1. The molecule has 0 bridgehead atoms. The van der Waals surface area contributed by atoms with Gasteiger partial charge in [-0.1, -0.05) is 17.8 Å². The molecule has 1 aliphatic heterocycles. The average molecular weight is 229 g/mol. The molecule has 0 fully saturated rings. The van der Waals surface area contributed by atoms with E-state index in [0.717, 1.165) is 27.7 Å². The SMILES string of the molecule is O=Cc1ccc2c(c1)Nc1nccnc1S2. The van der Waals surface area contributed by atoms with E-state index in [0.29, 0.717) is 5.56 Å². The minimum Gasteiger partial charge on any atom is -0.337 e. The minimum absolute atomic E-state index is 0.652. The van der Waals surface area contributed by atoms with E-state index in [1.807, 2.05) is 12.1 Å². The maximum absolute atomic E-state index is 10.7. The van der Waals surface area contributed by atoms with E-state index in [1.54, 1.807) is 30.2 Å². The molecule has 1 N–H and O–H groups in total. The minimum atomic E-state index is 0.652. The van der Waals surface area contributed by atoms with E-state index >= 15 is 0 Å². The molecule has 5 heteroatoms. The molecule has 2 heterocycles. The molecule has 0 saturated carbocycles. The van der Waals surface area contributed by atoms with Crippen molar-refractivity contribution in [2.45, 2.75) is 9.92 Å². The fourth-order valence-electron chi connectivity index (χ4n) is 1.52. The van der Waals surface area contributed by atoms with Crippen LogP contribution in [-0.2, 0) is 0 Å². The van der Waals surface area contributed by atoms with Crippen molar-refractivity contribution >= 4 is 29.6 Å². The predicted molar refractivity (Wildman–Crippen MR) is 61.3 cm³/mol. The highest BCUT2D eigenvalue weighted by atomic mass is 32.2. The zero-order valence-corrected chi connectivity index (χ0v) is 8.99. The van der Waals surface area contributed by atoms with E-state index in [2.05, 4.69) is 15.3 Å². The zero-order chi connectivity index (χ0) is 11.0. The summed E-state index contributed by atoms with van der Waals surface area (Å²) in [7, 11) is 0. The molecule has 1 aromatic carbocycles. The maximum atomic E-state index is 10.7. The van der Waals surface area contributed by atoms with E-state index in [9.17, 15) is 4.79 Å². The van der Waals surface area contributed by atoms with Crippen LogP contribution in [0.1, 0.15) is 10.4 Å². The van der Waals surface area contributed by atoms with Gasteiger partial charge in [0.1, 0.15) is 11.3 Å². The topological polar surface area (TPSA) is 54.9 Å². The lowest BCUT2D eigenvalue weighted by Gasteiger charge is -2.18. The van der Waals surface area contributed by atoms with Crippen LogP contribution in [0.5, 0.6) is 0 Å². The van der Waals surface area contributed by atoms with Crippen molar-refractivity contribution in [3.8, 4) is 0 Å². The molecule has 1 aliphatic rings. The quantitative estimate of drug-likeness (QED) is 0.650. The summed E-state index contributed by atoms with van der Waals surface area (Å²) >= 11 is 1.55. The van der Waals surface area contributed by atoms with Gasteiger partial charge in [-0.05, 0) is 12.1 Å². The van der Waals surface area contributed by atoms with Crippen LogP contribution in [0.15, 0.2) is 40.5 Å². The van der Waals surface area contributed by atoms with Gasteiger partial charge in [-0.2, -0.15) is 0 Å². The summed E-state index contributed by atoms with van der Waals surface area (Å²) in [5.74, 6) is 0.739. The molecule has 0 radical (unpaired) electrons. The van der Waals surface area contributed by atoms with Crippen molar-refractivity contribution in [3.63, 3.8) is 0 Å². The molecular weight excluding hydrogens is 222 g/mol. The summed E-state index contributed by atoms with van der Waals surface area (Å²) in [6, 6.07) is 5.52. The summed E-state index contributed by atoms with van der Waals surface area (Å²) < 4.78 is 0. The standard InChI is InChI=1S/C11H7N3OS/c15-6-7-1-2-9-8(5-7)14-10-11(16-9)13-4-3-12-10/h1-6H,(H,12,14). The first kappa shape index (κ1) is 9.35. The smallest absolute Gasteiger partial charge is 0.163 e. The third-order valence-electron chi connectivity index (χ3n) is 2.26. The first-order chi connectivity index (χ1) is 7.86. The van der Waals surface area contributed by atoms with Crippen LogP contribution >= 0.6 is 11.8 Å². The van der Waals surface area contributed by atoms with Crippen LogP contribution in [-0.4, -0.2) is 16.3 Å². The molecule has 0 aliphatic carbocycles. The van der Waals surface area contributed by atoms with Crippen molar-refractivity contribution in [2.24, 2.45) is 0 Å². The molecule has 0 amide bonds. The Bertz CT molecular complexity index is 571. The maximum Gasteiger partial charge on any atom is 0.163 e. The second-order valence-corrected chi connectivity index (χ2v) is 4.34. The van der Waals surface area contributed by atoms with E-state index < -0.39 is 0 Å². The average Bonchev–Trinajstić information content (AvgIpc) is 2.35. The van der Waals surface area contributed by atoms with E-state index in [4.69, 9.17) is 0 Å². The Hall–Kier alpha value is -1.88. The van der Waals surface area contributed by atoms with Crippen LogP contribution in [0.2, 0.25) is 0 Å². The predicted octanol–water partition coefficient (Wildman–Crippen LogP) is 2.50. The highest BCUT2D eigenvalue weighted by Gasteiger charge is 2.17. The number of hydrogen-bond donors (Lipinski definition) is 1. The number of carbonyl (C=O) groups is 1. The Morgan fingerprint density at radius 3 is 3.00 bits per heavy atom. The third kappa shape index (κ3) is 1.45. The molecule has 0 unspecified atom stereocenters. The first-order valence-electron chi connectivity index (χ1n) is 4.72. The van der Waals surface area contributed by atoms with E-state index in [1.165, 1.54) is 0 Å². The van der Waals surface area contributed by atoms with E-state index in [-0.39, 0.29) is 0 Å². The van der Waals surface area contributed by atoms with Gasteiger partial charge in [0.15, 0.2) is 5.82 Å². The second kappa shape index (κ2) is 3.61. The third-order valence-corrected chi connectivity index (χ3v) is 3.33. The summed E-state index contributed by atoms with van der Waals surface area (Å²) in [5.41, 5.74) is 1.56. The van der Waals surface area contributed by atoms with Crippen LogP contribution in [0, 0.1) is 0 Å². The van der Waals surface area contributed by atoms with Crippen LogP contribution in [0.4, 0.5) is 11.5 Å². The Morgan fingerprint density at radius 2 is 2.12 bits per heavy atom. The highest BCUT2D eigenvalue weighted by molar-refractivity contribution is 7.99. The van der Waals surface area contributed by atoms with Crippen molar-refractivity contribution in [1.82, 2.24) is 9.97 Å². The Morgan fingerprint density at radius 1 is 1.25 bits per heavy atom. The lowest BCUT2D eigenvalue weighted by atomic mass is 10.2. The molecular formula is C11H7N3OS. The monoisotopic (exact) mass is 229 g/mol. The van der Waals surface area contributed by atoms with Gasteiger partial charge in [-0.15, -0.1) is 0 Å². The van der Waals surface area contributed by atoms with Gasteiger partial charge >= 0.3 is 0 Å². The lowest BCUT2D eigenvalue weighted by molar-refractivity contribution is 0.112. The Balaban J connectivity index is 2.08. The number of benzene rings is 1. The zero-order valence-electron chi connectivity index (χ0n) is 8.18. The molecule has 0 saturated heterocycles. The van der Waals surface area contributed by atoms with Crippen molar-refractivity contribution in [3.05, 3.63) is 36.2 Å². The number of anilines is 2. The van der Waals surface area contributed by atoms with Gasteiger partial charge in [0.25, 0.3) is 0 Å².